The molecule has 0 aliphatic carbocycles. The maximum Gasteiger partial charge on any atom is 0.244 e. The van der Waals surface area contributed by atoms with E-state index in [9.17, 15) is 13.2 Å². The number of hydrogen-bond acceptors (Lipinski definition) is 6. The van der Waals surface area contributed by atoms with E-state index in [2.05, 4.69) is 10.4 Å². The molecule has 0 aromatic carbocycles. The van der Waals surface area contributed by atoms with Gasteiger partial charge in [0.05, 0.1) is 0 Å². The third kappa shape index (κ3) is 2.89. The maximum atomic E-state index is 12.4. The number of hydrogen-bond donors (Lipinski definition) is 3. The van der Waals surface area contributed by atoms with E-state index in [-0.39, 0.29) is 29.8 Å². The average molecular weight is 299 g/mol. The molecule has 20 heavy (non-hydrogen) atoms. The Morgan fingerprint density at radius 2 is 2.00 bits per heavy atom. The number of nitrogen functional groups attached to an aromatic ring is 1. The van der Waals surface area contributed by atoms with E-state index >= 15 is 0 Å². The lowest BCUT2D eigenvalue weighted by atomic mass is 9.98. The largest absolute Gasteiger partial charge is 0.369 e. The van der Waals surface area contributed by atoms with Gasteiger partial charge in [-0.05, 0) is 25.0 Å². The summed E-state index contributed by atoms with van der Waals surface area (Å²) in [7, 11) is -3.59. The molecule has 1 saturated heterocycles. The molecule has 110 valence electrons. The number of anilines is 1. The van der Waals surface area contributed by atoms with Gasteiger partial charge in [-0.2, -0.15) is 4.31 Å². The zero-order chi connectivity index (χ0) is 14.8. The predicted molar refractivity (Wildman–Crippen MR) is 72.7 cm³/mol. The molecule has 0 atom stereocenters. The number of pyridine rings is 1. The molecule has 2 rings (SSSR count). The third-order valence-electron chi connectivity index (χ3n) is 3.38. The van der Waals surface area contributed by atoms with E-state index in [1.54, 1.807) is 0 Å². The Morgan fingerprint density at radius 3 is 2.45 bits per heavy atom. The van der Waals surface area contributed by atoms with Crippen molar-refractivity contribution in [2.75, 3.05) is 18.5 Å². The summed E-state index contributed by atoms with van der Waals surface area (Å²) in [5, 5.41) is 0. The van der Waals surface area contributed by atoms with Gasteiger partial charge < -0.3 is 11.2 Å². The van der Waals surface area contributed by atoms with Gasteiger partial charge in [0.2, 0.25) is 15.9 Å². The molecule has 1 aromatic heterocycles. The summed E-state index contributed by atoms with van der Waals surface area (Å²) in [6.07, 6.45) is 2.15. The number of nitrogens with two attached hydrogens (primary N) is 2. The SMILES string of the molecule is NNc1ccc(S(=O)(=O)N2CCC(C(N)=O)CC2)cn1. The van der Waals surface area contributed by atoms with Gasteiger partial charge in [0.15, 0.2) is 0 Å². The summed E-state index contributed by atoms with van der Waals surface area (Å²) in [6.45, 7) is 0.569. The molecular formula is C11H17N5O3S. The number of rotatable bonds is 4. The van der Waals surface area contributed by atoms with Gasteiger partial charge in [-0.25, -0.2) is 19.2 Å². The quantitative estimate of drug-likeness (QED) is 0.495. The molecule has 1 fully saturated rings. The minimum absolute atomic E-state index is 0.106. The van der Waals surface area contributed by atoms with E-state index < -0.39 is 10.0 Å². The lowest BCUT2D eigenvalue weighted by Gasteiger charge is -2.29. The van der Waals surface area contributed by atoms with E-state index in [0.29, 0.717) is 18.7 Å². The molecule has 0 saturated carbocycles. The molecular weight excluding hydrogens is 282 g/mol. The second-order valence-electron chi connectivity index (χ2n) is 4.60. The van der Waals surface area contributed by atoms with Crippen LogP contribution in [-0.4, -0.2) is 36.7 Å². The molecule has 8 nitrogen and oxygen atoms in total. The van der Waals surface area contributed by atoms with Crippen LogP contribution in [0, 0.1) is 5.92 Å². The number of hydrazine groups is 1. The fourth-order valence-electron chi connectivity index (χ4n) is 2.15. The van der Waals surface area contributed by atoms with Gasteiger partial charge in [-0.1, -0.05) is 0 Å². The molecule has 1 amide bonds. The smallest absolute Gasteiger partial charge is 0.244 e. The first-order valence-corrected chi connectivity index (χ1v) is 7.61. The van der Waals surface area contributed by atoms with Crippen LogP contribution < -0.4 is 17.0 Å². The Kier molecular flexibility index (Phi) is 4.21. The van der Waals surface area contributed by atoms with Crippen LogP contribution in [0.15, 0.2) is 23.2 Å². The van der Waals surface area contributed by atoms with Crippen molar-refractivity contribution in [3.63, 3.8) is 0 Å². The Balaban J connectivity index is 2.13. The van der Waals surface area contributed by atoms with E-state index in [4.69, 9.17) is 11.6 Å². The van der Waals surface area contributed by atoms with Gasteiger partial charge in [0.1, 0.15) is 10.7 Å². The highest BCUT2D eigenvalue weighted by Crippen LogP contribution is 2.23. The van der Waals surface area contributed by atoms with Gasteiger partial charge in [0, 0.05) is 25.2 Å². The molecule has 1 aliphatic heterocycles. The molecule has 0 bridgehead atoms. The van der Waals surface area contributed by atoms with Crippen molar-refractivity contribution in [3.05, 3.63) is 18.3 Å². The maximum absolute atomic E-state index is 12.4. The highest BCUT2D eigenvalue weighted by atomic mass is 32.2. The topological polar surface area (TPSA) is 131 Å². The molecule has 5 N–H and O–H groups in total. The molecule has 9 heteroatoms. The molecule has 1 aliphatic rings. The number of piperidine rings is 1. The van der Waals surface area contributed by atoms with Crippen LogP contribution in [0.3, 0.4) is 0 Å². The molecule has 1 aromatic rings. The first-order valence-electron chi connectivity index (χ1n) is 6.17. The standard InChI is InChI=1S/C11H17N5O3S/c12-11(17)8-3-5-16(6-4-8)20(18,19)9-1-2-10(15-13)14-7-9/h1-2,7-8H,3-6,13H2,(H2,12,17)(H,14,15). The molecule has 2 heterocycles. The minimum atomic E-state index is -3.59. The Morgan fingerprint density at radius 1 is 1.35 bits per heavy atom. The van der Waals surface area contributed by atoms with E-state index in [1.807, 2.05) is 0 Å². The van der Waals surface area contributed by atoms with Gasteiger partial charge >= 0.3 is 0 Å². The third-order valence-corrected chi connectivity index (χ3v) is 5.26. The fourth-order valence-corrected chi connectivity index (χ4v) is 3.56. The van der Waals surface area contributed by atoms with Crippen molar-refractivity contribution in [2.24, 2.45) is 17.5 Å². The van der Waals surface area contributed by atoms with E-state index in [1.165, 1.54) is 22.6 Å². The normalized spacial score (nSPS) is 17.9. The van der Waals surface area contributed by atoms with Crippen LogP contribution in [0.2, 0.25) is 0 Å². The Hall–Kier alpha value is -1.71. The van der Waals surface area contributed by atoms with Crippen molar-refractivity contribution in [1.29, 1.82) is 0 Å². The van der Waals surface area contributed by atoms with E-state index in [0.717, 1.165) is 0 Å². The predicted octanol–water partition coefficient (Wildman–Crippen LogP) is -0.747. The summed E-state index contributed by atoms with van der Waals surface area (Å²) in [5.41, 5.74) is 7.56. The molecule has 0 spiro atoms. The lowest BCUT2D eigenvalue weighted by molar-refractivity contribution is -0.122. The number of aromatic nitrogens is 1. The number of nitrogens with zero attached hydrogens (tertiary/aromatic N) is 2. The van der Waals surface area contributed by atoms with Crippen LogP contribution >= 0.6 is 0 Å². The number of carbonyl (C=O) groups excluding carboxylic acids is 1. The van der Waals surface area contributed by atoms with Crippen LogP contribution in [0.25, 0.3) is 0 Å². The Labute approximate surface area is 117 Å². The second-order valence-corrected chi connectivity index (χ2v) is 6.54. The van der Waals surface area contributed by atoms with Crippen molar-refractivity contribution in [2.45, 2.75) is 17.7 Å². The highest BCUT2D eigenvalue weighted by Gasteiger charge is 2.31. The number of amides is 1. The summed E-state index contributed by atoms with van der Waals surface area (Å²) in [4.78, 5) is 15.1. The van der Waals surface area contributed by atoms with Crippen molar-refractivity contribution < 1.29 is 13.2 Å². The number of primary amides is 1. The first-order chi connectivity index (χ1) is 9.45. The minimum Gasteiger partial charge on any atom is -0.369 e. The lowest BCUT2D eigenvalue weighted by Crippen LogP contribution is -2.41. The zero-order valence-corrected chi connectivity index (χ0v) is 11.6. The monoisotopic (exact) mass is 299 g/mol. The van der Waals surface area contributed by atoms with Crippen molar-refractivity contribution in [3.8, 4) is 0 Å². The number of nitrogens with one attached hydrogen (secondary N) is 1. The second kappa shape index (κ2) is 5.73. The van der Waals surface area contributed by atoms with Crippen LogP contribution in [-0.2, 0) is 14.8 Å². The van der Waals surface area contributed by atoms with Crippen molar-refractivity contribution >= 4 is 21.7 Å². The summed E-state index contributed by atoms with van der Waals surface area (Å²) >= 11 is 0. The zero-order valence-electron chi connectivity index (χ0n) is 10.8. The van der Waals surface area contributed by atoms with Gasteiger partial charge in [-0.15, -0.1) is 0 Å². The van der Waals surface area contributed by atoms with Crippen LogP contribution in [0.4, 0.5) is 5.82 Å². The first kappa shape index (κ1) is 14.7. The summed E-state index contributed by atoms with van der Waals surface area (Å²) in [6, 6.07) is 2.93. The van der Waals surface area contributed by atoms with Gasteiger partial charge in [-0.3, -0.25) is 4.79 Å². The number of sulfonamides is 1. The summed E-state index contributed by atoms with van der Waals surface area (Å²) in [5.74, 6) is 4.94. The molecule has 0 radical (unpaired) electrons. The summed E-state index contributed by atoms with van der Waals surface area (Å²) < 4.78 is 26.1. The molecule has 0 unspecified atom stereocenters. The average Bonchev–Trinajstić information content (AvgIpc) is 2.47. The van der Waals surface area contributed by atoms with Gasteiger partial charge in [0.25, 0.3) is 0 Å². The fraction of sp³-hybridized carbons (Fsp3) is 0.455. The highest BCUT2D eigenvalue weighted by molar-refractivity contribution is 7.89. The number of carbonyl (C=O) groups is 1. The van der Waals surface area contributed by atoms with Crippen LogP contribution in [0.5, 0.6) is 0 Å². The van der Waals surface area contributed by atoms with Crippen LogP contribution in [0.1, 0.15) is 12.8 Å². The van der Waals surface area contributed by atoms with Crippen molar-refractivity contribution in [1.82, 2.24) is 9.29 Å². The Bertz CT molecular complexity index is 579.